The standard InChI is InChI=1S/C26H31N3O4/c1-17-12-13-23(33-2)22(14-17)29-16-18(15-24(29)30)25(31)28-21-11-7-6-10-20(21)26(32)27-19-8-4-3-5-9-19/h6-7,10-14,18-19H,3-5,8-9,15-16H2,1-2H3,(H,27,32)(H,28,31). The second-order valence-corrected chi connectivity index (χ2v) is 8.92. The molecule has 7 nitrogen and oxygen atoms in total. The number of para-hydroxylation sites is 1. The molecule has 174 valence electrons. The Bertz CT molecular complexity index is 1050. The molecule has 2 N–H and O–H groups in total. The van der Waals surface area contributed by atoms with Gasteiger partial charge in [0.2, 0.25) is 11.8 Å². The summed E-state index contributed by atoms with van der Waals surface area (Å²) in [4.78, 5) is 40.3. The van der Waals surface area contributed by atoms with Gasteiger partial charge in [-0.05, 0) is 49.6 Å². The number of aryl methyl sites for hydroxylation is 1. The third kappa shape index (κ3) is 5.18. The van der Waals surface area contributed by atoms with Crippen molar-refractivity contribution in [3.05, 3.63) is 53.6 Å². The molecule has 1 heterocycles. The summed E-state index contributed by atoms with van der Waals surface area (Å²) in [5.74, 6) is -0.485. The van der Waals surface area contributed by atoms with Gasteiger partial charge in [-0.15, -0.1) is 0 Å². The molecule has 2 aliphatic rings. The van der Waals surface area contributed by atoms with Gasteiger partial charge in [0.1, 0.15) is 5.75 Å². The number of hydrogen-bond donors (Lipinski definition) is 2. The fraction of sp³-hybridized carbons (Fsp3) is 0.423. The molecule has 0 radical (unpaired) electrons. The number of amides is 3. The van der Waals surface area contributed by atoms with Gasteiger partial charge in [0.05, 0.1) is 30.0 Å². The average molecular weight is 450 g/mol. The van der Waals surface area contributed by atoms with Crippen LogP contribution in [0.5, 0.6) is 5.75 Å². The fourth-order valence-corrected chi connectivity index (χ4v) is 4.66. The minimum Gasteiger partial charge on any atom is -0.495 e. The van der Waals surface area contributed by atoms with E-state index in [1.54, 1.807) is 36.3 Å². The summed E-state index contributed by atoms with van der Waals surface area (Å²) in [7, 11) is 1.56. The second kappa shape index (κ2) is 10.1. The Morgan fingerprint density at radius 1 is 1.06 bits per heavy atom. The number of methoxy groups -OCH3 is 1. The van der Waals surface area contributed by atoms with Gasteiger partial charge in [0.15, 0.2) is 0 Å². The molecule has 1 saturated heterocycles. The van der Waals surface area contributed by atoms with Crippen LogP contribution in [0.3, 0.4) is 0 Å². The first-order chi connectivity index (χ1) is 16.0. The summed E-state index contributed by atoms with van der Waals surface area (Å²) < 4.78 is 5.42. The zero-order valence-electron chi connectivity index (χ0n) is 19.2. The maximum atomic E-state index is 13.1. The molecule has 0 aromatic heterocycles. The second-order valence-electron chi connectivity index (χ2n) is 8.92. The van der Waals surface area contributed by atoms with Gasteiger partial charge in [-0.3, -0.25) is 14.4 Å². The minimum absolute atomic E-state index is 0.110. The van der Waals surface area contributed by atoms with Crippen molar-refractivity contribution in [2.75, 3.05) is 23.9 Å². The molecule has 2 aromatic carbocycles. The Kier molecular flexibility index (Phi) is 6.96. The molecule has 33 heavy (non-hydrogen) atoms. The van der Waals surface area contributed by atoms with Crippen molar-refractivity contribution < 1.29 is 19.1 Å². The molecule has 1 unspecified atom stereocenters. The van der Waals surface area contributed by atoms with E-state index in [9.17, 15) is 14.4 Å². The summed E-state index contributed by atoms with van der Waals surface area (Å²) in [6.07, 6.45) is 5.55. The molecular weight excluding hydrogens is 418 g/mol. The fourth-order valence-electron chi connectivity index (χ4n) is 4.66. The molecule has 1 aliphatic carbocycles. The summed E-state index contributed by atoms with van der Waals surface area (Å²) in [6.45, 7) is 2.21. The average Bonchev–Trinajstić information content (AvgIpc) is 3.21. The normalized spacial score (nSPS) is 18.8. The zero-order chi connectivity index (χ0) is 23.4. The van der Waals surface area contributed by atoms with Gasteiger partial charge in [-0.25, -0.2) is 0 Å². The Morgan fingerprint density at radius 2 is 1.82 bits per heavy atom. The molecule has 7 heteroatoms. The first-order valence-corrected chi connectivity index (χ1v) is 11.6. The van der Waals surface area contributed by atoms with E-state index in [0.29, 0.717) is 22.7 Å². The van der Waals surface area contributed by atoms with E-state index in [1.165, 1.54) is 6.42 Å². The largest absolute Gasteiger partial charge is 0.495 e. The third-order valence-electron chi connectivity index (χ3n) is 6.49. The van der Waals surface area contributed by atoms with Gasteiger partial charge in [-0.1, -0.05) is 37.5 Å². The lowest BCUT2D eigenvalue weighted by molar-refractivity contribution is -0.122. The van der Waals surface area contributed by atoms with Crippen LogP contribution >= 0.6 is 0 Å². The molecule has 2 fully saturated rings. The van der Waals surface area contributed by atoms with Crippen molar-refractivity contribution in [1.29, 1.82) is 0 Å². The van der Waals surface area contributed by atoms with E-state index in [-0.39, 0.29) is 36.7 Å². The smallest absolute Gasteiger partial charge is 0.253 e. The number of anilines is 2. The van der Waals surface area contributed by atoms with E-state index in [4.69, 9.17) is 4.74 Å². The van der Waals surface area contributed by atoms with Crippen LogP contribution in [0.25, 0.3) is 0 Å². The van der Waals surface area contributed by atoms with Crippen LogP contribution in [0.4, 0.5) is 11.4 Å². The van der Waals surface area contributed by atoms with Crippen LogP contribution in [0.15, 0.2) is 42.5 Å². The van der Waals surface area contributed by atoms with Gasteiger partial charge in [-0.2, -0.15) is 0 Å². The number of ether oxygens (including phenoxy) is 1. The van der Waals surface area contributed by atoms with Crippen LogP contribution in [0.2, 0.25) is 0 Å². The molecular formula is C26H31N3O4. The van der Waals surface area contributed by atoms with Crippen molar-refractivity contribution in [2.45, 2.75) is 51.5 Å². The molecule has 0 bridgehead atoms. The van der Waals surface area contributed by atoms with Gasteiger partial charge in [0, 0.05) is 19.0 Å². The third-order valence-corrected chi connectivity index (χ3v) is 6.49. The maximum absolute atomic E-state index is 13.1. The highest BCUT2D eigenvalue weighted by molar-refractivity contribution is 6.07. The summed E-state index contributed by atoms with van der Waals surface area (Å²) >= 11 is 0. The molecule has 3 amide bonds. The van der Waals surface area contributed by atoms with Crippen LogP contribution in [0.1, 0.15) is 54.4 Å². The maximum Gasteiger partial charge on any atom is 0.253 e. The highest BCUT2D eigenvalue weighted by atomic mass is 16.5. The van der Waals surface area contributed by atoms with E-state index < -0.39 is 5.92 Å². The van der Waals surface area contributed by atoms with Gasteiger partial charge >= 0.3 is 0 Å². The van der Waals surface area contributed by atoms with E-state index >= 15 is 0 Å². The number of carbonyl (C=O) groups is 3. The van der Waals surface area contributed by atoms with Gasteiger partial charge in [0.25, 0.3) is 5.91 Å². The summed E-state index contributed by atoms with van der Waals surface area (Å²) in [5.41, 5.74) is 2.59. The molecule has 1 saturated carbocycles. The lowest BCUT2D eigenvalue weighted by Crippen LogP contribution is -2.36. The molecule has 4 rings (SSSR count). The van der Waals surface area contributed by atoms with Crippen molar-refractivity contribution >= 4 is 29.1 Å². The number of benzene rings is 2. The molecule has 1 atom stereocenters. The first kappa shape index (κ1) is 22.8. The Labute approximate surface area is 194 Å². The Hall–Kier alpha value is -3.35. The van der Waals surface area contributed by atoms with Crippen molar-refractivity contribution in [2.24, 2.45) is 5.92 Å². The number of rotatable bonds is 6. The summed E-state index contributed by atoms with van der Waals surface area (Å²) in [5, 5.41) is 6.00. The molecule has 0 spiro atoms. The monoisotopic (exact) mass is 449 g/mol. The molecule has 1 aliphatic heterocycles. The van der Waals surface area contributed by atoms with Crippen molar-refractivity contribution in [3.63, 3.8) is 0 Å². The molecule has 2 aromatic rings. The topological polar surface area (TPSA) is 87.7 Å². The quantitative estimate of drug-likeness (QED) is 0.696. The predicted octanol–water partition coefficient (Wildman–Crippen LogP) is 4.06. The zero-order valence-corrected chi connectivity index (χ0v) is 19.2. The van der Waals surface area contributed by atoms with Crippen LogP contribution in [-0.4, -0.2) is 37.4 Å². The predicted molar refractivity (Wildman–Crippen MR) is 128 cm³/mol. The van der Waals surface area contributed by atoms with E-state index in [1.807, 2.05) is 25.1 Å². The summed E-state index contributed by atoms with van der Waals surface area (Å²) in [6, 6.07) is 12.8. The number of nitrogens with zero attached hydrogens (tertiary/aromatic N) is 1. The van der Waals surface area contributed by atoms with Crippen molar-refractivity contribution in [3.8, 4) is 5.75 Å². The minimum atomic E-state index is -0.516. The van der Waals surface area contributed by atoms with E-state index in [0.717, 1.165) is 31.2 Å². The number of nitrogens with one attached hydrogen (secondary N) is 2. The van der Waals surface area contributed by atoms with Crippen LogP contribution in [0, 0.1) is 12.8 Å². The SMILES string of the molecule is COc1ccc(C)cc1N1CC(C(=O)Nc2ccccc2C(=O)NC2CCCCC2)CC1=O. The Balaban J connectivity index is 1.45. The van der Waals surface area contributed by atoms with Crippen LogP contribution in [-0.2, 0) is 9.59 Å². The van der Waals surface area contributed by atoms with Crippen LogP contribution < -0.4 is 20.3 Å². The van der Waals surface area contributed by atoms with E-state index in [2.05, 4.69) is 10.6 Å². The first-order valence-electron chi connectivity index (χ1n) is 11.6. The van der Waals surface area contributed by atoms with Gasteiger partial charge < -0.3 is 20.3 Å². The highest BCUT2D eigenvalue weighted by Gasteiger charge is 2.36. The lowest BCUT2D eigenvalue weighted by atomic mass is 9.95. The Morgan fingerprint density at radius 3 is 2.58 bits per heavy atom. The highest BCUT2D eigenvalue weighted by Crippen LogP contribution is 2.34. The van der Waals surface area contributed by atoms with Crippen molar-refractivity contribution in [1.82, 2.24) is 5.32 Å². The lowest BCUT2D eigenvalue weighted by Gasteiger charge is -2.23. The number of carbonyl (C=O) groups excluding carboxylic acids is 3. The number of hydrogen-bond acceptors (Lipinski definition) is 4.